The smallest absolute Gasteiger partial charge is 0.322 e. The second-order valence-electron chi connectivity index (χ2n) is 7.48. The third-order valence-corrected chi connectivity index (χ3v) is 5.13. The second-order valence-corrected chi connectivity index (χ2v) is 7.48. The van der Waals surface area contributed by atoms with E-state index in [2.05, 4.69) is 47.2 Å². The molecule has 0 unspecified atom stereocenters. The number of aryl methyl sites for hydroxylation is 3. The van der Waals surface area contributed by atoms with Crippen molar-refractivity contribution in [1.82, 2.24) is 9.88 Å². The van der Waals surface area contributed by atoms with Crippen LogP contribution >= 0.6 is 0 Å². The van der Waals surface area contributed by atoms with Crippen molar-refractivity contribution in [3.8, 4) is 5.88 Å². The number of pyridine rings is 1. The fourth-order valence-corrected chi connectivity index (χ4v) is 3.68. The van der Waals surface area contributed by atoms with E-state index in [1.165, 1.54) is 30.8 Å². The summed E-state index contributed by atoms with van der Waals surface area (Å²) in [5.41, 5.74) is 5.12. The van der Waals surface area contributed by atoms with Gasteiger partial charge in [0.1, 0.15) is 5.69 Å². The number of nitrogens with zero attached hydrogens (tertiary/aromatic N) is 3. The topological polar surface area (TPSA) is 74.8 Å². The molecule has 0 spiro atoms. The van der Waals surface area contributed by atoms with Gasteiger partial charge in [-0.1, -0.05) is 6.07 Å². The largest absolute Gasteiger partial charge is 0.480 e. The van der Waals surface area contributed by atoms with Gasteiger partial charge in [0, 0.05) is 37.4 Å². The highest BCUT2D eigenvalue weighted by Crippen LogP contribution is 2.26. The van der Waals surface area contributed by atoms with E-state index < -0.39 is 0 Å². The number of amides is 2. The van der Waals surface area contributed by atoms with Crippen LogP contribution in [0.3, 0.4) is 0 Å². The molecule has 2 amide bonds. The van der Waals surface area contributed by atoms with Crippen LogP contribution in [-0.4, -0.2) is 55.0 Å². The molecule has 0 saturated carbocycles. The van der Waals surface area contributed by atoms with E-state index >= 15 is 0 Å². The van der Waals surface area contributed by atoms with Crippen LogP contribution in [0.2, 0.25) is 0 Å². The molecule has 7 nitrogen and oxygen atoms in total. The van der Waals surface area contributed by atoms with Gasteiger partial charge < -0.3 is 19.9 Å². The number of piperazine rings is 1. The predicted molar refractivity (Wildman–Crippen MR) is 114 cm³/mol. The Labute approximate surface area is 171 Å². The first-order valence-electron chi connectivity index (χ1n) is 9.74. The number of ketones is 1. The van der Waals surface area contributed by atoms with E-state index in [-0.39, 0.29) is 11.8 Å². The Kier molecular flexibility index (Phi) is 6.06. The predicted octanol–water partition coefficient (Wildman–Crippen LogP) is 3.57. The Morgan fingerprint density at radius 2 is 1.62 bits per heavy atom. The summed E-state index contributed by atoms with van der Waals surface area (Å²) < 4.78 is 5.28. The van der Waals surface area contributed by atoms with Crippen LogP contribution in [0.25, 0.3) is 0 Å². The fraction of sp³-hybridized carbons (Fsp3) is 0.409. The molecule has 0 atom stereocenters. The molecule has 1 fully saturated rings. The Hall–Kier alpha value is -3.09. The van der Waals surface area contributed by atoms with Crippen LogP contribution < -0.4 is 15.0 Å². The number of hydrogen-bond acceptors (Lipinski definition) is 5. The summed E-state index contributed by atoms with van der Waals surface area (Å²) in [4.78, 5) is 33.0. The maximum Gasteiger partial charge on any atom is 0.322 e. The molecule has 2 aromatic rings. The number of nitrogens with one attached hydrogen (secondary N) is 1. The van der Waals surface area contributed by atoms with Crippen LogP contribution in [-0.2, 0) is 0 Å². The number of carbonyl (C=O) groups is 2. The summed E-state index contributed by atoms with van der Waals surface area (Å²) in [5.74, 6) is 0.199. The zero-order valence-electron chi connectivity index (χ0n) is 17.7. The summed E-state index contributed by atoms with van der Waals surface area (Å²) in [6, 6.07) is 7.92. The van der Waals surface area contributed by atoms with Crippen molar-refractivity contribution in [1.29, 1.82) is 0 Å². The van der Waals surface area contributed by atoms with Gasteiger partial charge in [0.25, 0.3) is 0 Å². The number of benzene rings is 1. The van der Waals surface area contributed by atoms with E-state index in [4.69, 9.17) is 4.74 Å². The van der Waals surface area contributed by atoms with E-state index in [1.807, 2.05) is 0 Å². The number of carbonyl (C=O) groups excluding carboxylic acids is 2. The average molecular weight is 396 g/mol. The third kappa shape index (κ3) is 4.67. The van der Waals surface area contributed by atoms with Crippen molar-refractivity contribution in [2.45, 2.75) is 27.7 Å². The molecule has 1 aliphatic heterocycles. The SMILES string of the molecule is COc1nc(C)c(C(C)=O)cc1NC(=O)N1CCN(c2cc(C)cc(C)c2)CC1. The van der Waals surface area contributed by atoms with Gasteiger partial charge >= 0.3 is 6.03 Å². The van der Waals surface area contributed by atoms with Gasteiger partial charge in [0.05, 0.1) is 12.8 Å². The molecule has 1 aliphatic rings. The molecule has 0 aliphatic carbocycles. The van der Waals surface area contributed by atoms with Crippen molar-refractivity contribution in [2.75, 3.05) is 43.5 Å². The zero-order valence-corrected chi connectivity index (χ0v) is 17.7. The minimum Gasteiger partial charge on any atom is -0.480 e. The molecule has 1 aromatic carbocycles. The maximum absolute atomic E-state index is 12.8. The van der Waals surface area contributed by atoms with Crippen molar-refractivity contribution in [2.24, 2.45) is 0 Å². The van der Waals surface area contributed by atoms with Gasteiger partial charge in [0.2, 0.25) is 5.88 Å². The fourth-order valence-electron chi connectivity index (χ4n) is 3.68. The summed E-state index contributed by atoms with van der Waals surface area (Å²) in [6.45, 7) is 10.2. The molecule has 0 radical (unpaired) electrons. The molecular formula is C22H28N4O3. The number of hydrogen-bond donors (Lipinski definition) is 1. The van der Waals surface area contributed by atoms with Crippen LogP contribution in [0.1, 0.15) is 34.1 Å². The van der Waals surface area contributed by atoms with Gasteiger partial charge in [-0.15, -0.1) is 0 Å². The second kappa shape index (κ2) is 8.51. The van der Waals surface area contributed by atoms with Crippen LogP contribution in [0.4, 0.5) is 16.2 Å². The molecule has 29 heavy (non-hydrogen) atoms. The standard InChI is InChI=1S/C22H28N4O3/c1-14-10-15(2)12-18(11-14)25-6-8-26(9-7-25)22(28)24-20-13-19(17(4)27)16(3)23-21(20)29-5/h10-13H,6-9H2,1-5H3,(H,24,28). The Balaban J connectivity index is 1.68. The van der Waals surface area contributed by atoms with Gasteiger partial charge in [-0.05, 0) is 57.0 Å². The summed E-state index contributed by atoms with van der Waals surface area (Å²) in [6.07, 6.45) is 0. The number of ether oxygens (including phenoxy) is 1. The summed E-state index contributed by atoms with van der Waals surface area (Å²) in [5, 5.41) is 2.86. The maximum atomic E-state index is 12.8. The molecule has 1 saturated heterocycles. The van der Waals surface area contributed by atoms with Crippen molar-refractivity contribution in [3.05, 3.63) is 46.6 Å². The van der Waals surface area contributed by atoms with Gasteiger partial charge in [-0.25, -0.2) is 9.78 Å². The lowest BCUT2D eigenvalue weighted by molar-refractivity contribution is 0.101. The monoisotopic (exact) mass is 396 g/mol. The van der Waals surface area contributed by atoms with Crippen molar-refractivity contribution >= 4 is 23.2 Å². The molecule has 3 rings (SSSR count). The first-order chi connectivity index (χ1) is 13.8. The lowest BCUT2D eigenvalue weighted by Crippen LogP contribution is -2.50. The lowest BCUT2D eigenvalue weighted by Gasteiger charge is -2.36. The highest BCUT2D eigenvalue weighted by Gasteiger charge is 2.23. The van der Waals surface area contributed by atoms with E-state index in [9.17, 15) is 9.59 Å². The van der Waals surface area contributed by atoms with Gasteiger partial charge in [-0.3, -0.25) is 4.79 Å². The summed E-state index contributed by atoms with van der Waals surface area (Å²) in [7, 11) is 1.49. The van der Waals surface area contributed by atoms with Crippen LogP contribution in [0.15, 0.2) is 24.3 Å². The number of anilines is 2. The third-order valence-electron chi connectivity index (χ3n) is 5.13. The van der Waals surface area contributed by atoms with Crippen molar-refractivity contribution < 1.29 is 14.3 Å². The van der Waals surface area contributed by atoms with Crippen LogP contribution in [0.5, 0.6) is 5.88 Å². The van der Waals surface area contributed by atoms with Crippen LogP contribution in [0, 0.1) is 20.8 Å². The van der Waals surface area contributed by atoms with Gasteiger partial charge in [0.15, 0.2) is 5.78 Å². The molecule has 154 valence electrons. The van der Waals surface area contributed by atoms with Gasteiger partial charge in [-0.2, -0.15) is 0 Å². The summed E-state index contributed by atoms with van der Waals surface area (Å²) >= 11 is 0. The molecule has 7 heteroatoms. The molecular weight excluding hydrogens is 368 g/mol. The molecule has 1 N–H and O–H groups in total. The normalized spacial score (nSPS) is 14.0. The van der Waals surface area contributed by atoms with Crippen molar-refractivity contribution in [3.63, 3.8) is 0 Å². The molecule has 0 bridgehead atoms. The molecule has 2 heterocycles. The Morgan fingerprint density at radius 1 is 1.00 bits per heavy atom. The average Bonchev–Trinajstić information content (AvgIpc) is 2.68. The highest BCUT2D eigenvalue weighted by atomic mass is 16.5. The number of methoxy groups -OCH3 is 1. The van der Waals surface area contributed by atoms with E-state index in [0.717, 1.165) is 13.1 Å². The first kappa shape index (κ1) is 20.6. The Morgan fingerprint density at radius 3 is 2.17 bits per heavy atom. The minimum atomic E-state index is -0.219. The lowest BCUT2D eigenvalue weighted by atomic mass is 10.1. The zero-order chi connectivity index (χ0) is 21.1. The molecule has 1 aromatic heterocycles. The number of Topliss-reactive ketones (excluding diaryl/α,β-unsaturated/α-hetero) is 1. The number of urea groups is 1. The number of rotatable bonds is 4. The van der Waals surface area contributed by atoms with E-state index in [0.29, 0.717) is 35.9 Å². The van der Waals surface area contributed by atoms with E-state index in [1.54, 1.807) is 17.9 Å². The Bertz CT molecular complexity index is 914. The highest BCUT2D eigenvalue weighted by molar-refractivity contribution is 5.98. The minimum absolute atomic E-state index is 0.102. The quantitative estimate of drug-likeness (QED) is 0.800. The first-order valence-corrected chi connectivity index (χ1v) is 9.74. The number of aromatic nitrogens is 1.